The summed E-state index contributed by atoms with van der Waals surface area (Å²) in [6.45, 7) is 0.177. The van der Waals surface area contributed by atoms with Crippen LogP contribution in [0.2, 0.25) is 0 Å². The minimum absolute atomic E-state index is 0.0169. The molecule has 7 heteroatoms. The van der Waals surface area contributed by atoms with Crippen LogP contribution in [-0.4, -0.2) is 0 Å². The Kier molecular flexibility index (Phi) is 4.25. The molecule has 0 fully saturated rings. The SMILES string of the molecule is FC(F)(F)c1cc(Br)ccc1NCc1ccc(Br)o1. The molecule has 19 heavy (non-hydrogen) atoms. The van der Waals surface area contributed by atoms with Crippen molar-refractivity contribution < 1.29 is 17.6 Å². The van der Waals surface area contributed by atoms with Gasteiger partial charge < -0.3 is 9.73 Å². The summed E-state index contributed by atoms with van der Waals surface area (Å²) in [4.78, 5) is 0. The van der Waals surface area contributed by atoms with Gasteiger partial charge in [0, 0.05) is 10.2 Å². The van der Waals surface area contributed by atoms with Gasteiger partial charge in [0.1, 0.15) is 5.76 Å². The maximum Gasteiger partial charge on any atom is 0.418 e. The summed E-state index contributed by atoms with van der Waals surface area (Å²) >= 11 is 6.17. The van der Waals surface area contributed by atoms with Gasteiger partial charge in [0.2, 0.25) is 0 Å². The average Bonchev–Trinajstić information content (AvgIpc) is 2.72. The Balaban J connectivity index is 2.20. The van der Waals surface area contributed by atoms with Crippen LogP contribution < -0.4 is 5.32 Å². The normalized spacial score (nSPS) is 11.6. The largest absolute Gasteiger partial charge is 0.452 e. The molecule has 0 bridgehead atoms. The molecule has 1 aromatic heterocycles. The fraction of sp³-hybridized carbons (Fsp3) is 0.167. The molecule has 1 N–H and O–H groups in total. The van der Waals surface area contributed by atoms with Gasteiger partial charge in [-0.2, -0.15) is 13.2 Å². The molecule has 1 heterocycles. The van der Waals surface area contributed by atoms with E-state index in [0.717, 1.165) is 6.07 Å². The second-order valence-electron chi connectivity index (χ2n) is 3.75. The number of alkyl halides is 3. The number of anilines is 1. The molecular formula is C12H8Br2F3NO. The van der Waals surface area contributed by atoms with Crippen LogP contribution in [0.15, 0.2) is 43.9 Å². The van der Waals surface area contributed by atoms with Crippen molar-refractivity contribution in [3.8, 4) is 0 Å². The van der Waals surface area contributed by atoms with E-state index in [1.165, 1.54) is 6.07 Å². The maximum absolute atomic E-state index is 12.9. The van der Waals surface area contributed by atoms with Gasteiger partial charge in [0.05, 0.1) is 12.1 Å². The number of halogens is 5. The van der Waals surface area contributed by atoms with Crippen molar-refractivity contribution in [2.75, 3.05) is 5.32 Å². The van der Waals surface area contributed by atoms with E-state index >= 15 is 0 Å². The summed E-state index contributed by atoms with van der Waals surface area (Å²) in [6.07, 6.45) is -4.41. The summed E-state index contributed by atoms with van der Waals surface area (Å²) in [5.74, 6) is 0.544. The molecule has 0 aliphatic heterocycles. The number of rotatable bonds is 3. The lowest BCUT2D eigenvalue weighted by Crippen LogP contribution is -2.10. The number of hydrogen-bond acceptors (Lipinski definition) is 2. The number of furan rings is 1. The van der Waals surface area contributed by atoms with E-state index in [2.05, 4.69) is 37.2 Å². The molecule has 0 unspecified atom stereocenters. The Morgan fingerprint density at radius 2 is 1.84 bits per heavy atom. The molecule has 2 aromatic rings. The quantitative estimate of drug-likeness (QED) is 0.745. The summed E-state index contributed by atoms with van der Waals surface area (Å²) < 4.78 is 44.7. The minimum atomic E-state index is -4.41. The highest BCUT2D eigenvalue weighted by Crippen LogP contribution is 2.36. The standard InChI is InChI=1S/C12H8Br2F3NO/c13-7-1-3-10(9(5-7)12(15,16)17)18-6-8-2-4-11(14)19-8/h1-5,18H,6H2. The smallest absolute Gasteiger partial charge is 0.418 e. The van der Waals surface area contributed by atoms with Crippen LogP contribution in [0.1, 0.15) is 11.3 Å². The van der Waals surface area contributed by atoms with E-state index in [4.69, 9.17) is 4.42 Å². The zero-order valence-corrected chi connectivity index (χ0v) is 12.6. The molecule has 2 rings (SSSR count). The number of benzene rings is 1. The third-order valence-electron chi connectivity index (χ3n) is 2.37. The van der Waals surface area contributed by atoms with Gasteiger partial charge in [-0.05, 0) is 46.3 Å². The lowest BCUT2D eigenvalue weighted by molar-refractivity contribution is -0.137. The highest BCUT2D eigenvalue weighted by atomic mass is 79.9. The fourth-order valence-corrected chi connectivity index (χ4v) is 2.24. The van der Waals surface area contributed by atoms with Crippen molar-refractivity contribution in [3.63, 3.8) is 0 Å². The molecule has 0 aliphatic carbocycles. The van der Waals surface area contributed by atoms with Crippen LogP contribution in [0, 0.1) is 0 Å². The highest BCUT2D eigenvalue weighted by molar-refractivity contribution is 9.10. The van der Waals surface area contributed by atoms with Crippen molar-refractivity contribution in [2.45, 2.75) is 12.7 Å². The molecule has 0 atom stereocenters. The van der Waals surface area contributed by atoms with Gasteiger partial charge in [0.25, 0.3) is 0 Å². The number of hydrogen-bond donors (Lipinski definition) is 1. The van der Waals surface area contributed by atoms with Crippen molar-refractivity contribution in [2.24, 2.45) is 0 Å². The summed E-state index contributed by atoms with van der Waals surface area (Å²) in [6, 6.07) is 7.34. The monoisotopic (exact) mass is 397 g/mol. The van der Waals surface area contributed by atoms with E-state index in [0.29, 0.717) is 14.9 Å². The first-order valence-electron chi connectivity index (χ1n) is 5.21. The van der Waals surface area contributed by atoms with E-state index in [1.807, 2.05) is 0 Å². The number of nitrogens with one attached hydrogen (secondary N) is 1. The molecule has 0 radical (unpaired) electrons. The molecule has 102 valence electrons. The second-order valence-corrected chi connectivity index (χ2v) is 5.44. The topological polar surface area (TPSA) is 25.2 Å². The van der Waals surface area contributed by atoms with Crippen molar-refractivity contribution in [3.05, 3.63) is 50.8 Å². The van der Waals surface area contributed by atoms with Crippen LogP contribution in [0.4, 0.5) is 18.9 Å². The van der Waals surface area contributed by atoms with Crippen LogP contribution in [0.25, 0.3) is 0 Å². The molecule has 0 amide bonds. The molecule has 2 nitrogen and oxygen atoms in total. The lowest BCUT2D eigenvalue weighted by atomic mass is 10.1. The summed E-state index contributed by atoms with van der Waals surface area (Å²) in [5, 5.41) is 2.72. The first kappa shape index (κ1) is 14.5. The van der Waals surface area contributed by atoms with Crippen LogP contribution in [0.5, 0.6) is 0 Å². The Hall–Kier alpha value is -0.950. The van der Waals surface area contributed by atoms with Crippen molar-refractivity contribution in [1.82, 2.24) is 0 Å². The first-order chi connectivity index (χ1) is 8.86. The zero-order chi connectivity index (χ0) is 14.0. The predicted octanol–water partition coefficient (Wildman–Crippen LogP) is 5.44. The zero-order valence-electron chi connectivity index (χ0n) is 9.39. The summed E-state index contributed by atoms with van der Waals surface area (Å²) in [7, 11) is 0. The van der Waals surface area contributed by atoms with E-state index in [1.54, 1.807) is 18.2 Å². The fourth-order valence-electron chi connectivity index (χ4n) is 1.53. The molecule has 0 saturated carbocycles. The van der Waals surface area contributed by atoms with Crippen molar-refractivity contribution >= 4 is 37.5 Å². The summed E-state index contributed by atoms with van der Waals surface area (Å²) in [5.41, 5.74) is -0.698. The van der Waals surface area contributed by atoms with E-state index in [9.17, 15) is 13.2 Å². The Bertz CT molecular complexity index is 581. The van der Waals surface area contributed by atoms with Gasteiger partial charge in [0.15, 0.2) is 4.67 Å². The third kappa shape index (κ3) is 3.76. The maximum atomic E-state index is 12.9. The van der Waals surface area contributed by atoms with E-state index < -0.39 is 11.7 Å². The van der Waals surface area contributed by atoms with Gasteiger partial charge in [-0.1, -0.05) is 15.9 Å². The molecule has 0 spiro atoms. The third-order valence-corrected chi connectivity index (χ3v) is 3.29. The lowest BCUT2D eigenvalue weighted by Gasteiger charge is -2.14. The molecule has 0 aliphatic rings. The first-order valence-corrected chi connectivity index (χ1v) is 6.79. The van der Waals surface area contributed by atoms with Gasteiger partial charge in [-0.25, -0.2) is 0 Å². The Labute approximate surface area is 124 Å². The average molecular weight is 399 g/mol. The molecular weight excluding hydrogens is 391 g/mol. The van der Waals surface area contributed by atoms with Gasteiger partial charge >= 0.3 is 6.18 Å². The van der Waals surface area contributed by atoms with Crippen LogP contribution in [0.3, 0.4) is 0 Å². The molecule has 0 saturated heterocycles. The minimum Gasteiger partial charge on any atom is -0.452 e. The Morgan fingerprint density at radius 1 is 1.11 bits per heavy atom. The van der Waals surface area contributed by atoms with Crippen LogP contribution in [-0.2, 0) is 12.7 Å². The van der Waals surface area contributed by atoms with Gasteiger partial charge in [-0.15, -0.1) is 0 Å². The van der Waals surface area contributed by atoms with Gasteiger partial charge in [-0.3, -0.25) is 0 Å². The van der Waals surface area contributed by atoms with E-state index in [-0.39, 0.29) is 12.2 Å². The van der Waals surface area contributed by atoms with Crippen molar-refractivity contribution in [1.29, 1.82) is 0 Å². The molecule has 1 aromatic carbocycles. The highest BCUT2D eigenvalue weighted by Gasteiger charge is 2.33. The second kappa shape index (κ2) is 5.58. The Morgan fingerprint density at radius 3 is 2.42 bits per heavy atom. The predicted molar refractivity (Wildman–Crippen MR) is 72.9 cm³/mol. The van der Waals surface area contributed by atoms with Crippen LogP contribution >= 0.6 is 31.9 Å².